The van der Waals surface area contributed by atoms with Gasteiger partial charge in [0.05, 0.1) is 16.3 Å². The molecule has 6 nitrogen and oxygen atoms in total. The van der Waals surface area contributed by atoms with Crippen LogP contribution in [-0.2, 0) is 9.59 Å². The number of rotatable bonds is 7. The summed E-state index contributed by atoms with van der Waals surface area (Å²) >= 11 is 12.1. The van der Waals surface area contributed by atoms with Crippen LogP contribution in [0, 0.1) is 12.3 Å². The number of unbranched alkanes of at least 4 members (excludes halogenated alkanes) is 1. The molecule has 2 amide bonds. The van der Waals surface area contributed by atoms with Crippen molar-refractivity contribution in [2.24, 2.45) is 5.10 Å². The van der Waals surface area contributed by atoms with Crippen LogP contribution in [-0.4, -0.2) is 31.2 Å². The lowest BCUT2D eigenvalue weighted by Crippen LogP contribution is -2.38. The molecule has 1 aromatic rings. The van der Waals surface area contributed by atoms with E-state index in [1.54, 1.807) is 0 Å². The number of carbonyl (C=O) groups is 2. The summed E-state index contributed by atoms with van der Waals surface area (Å²) in [4.78, 5) is 22.9. The lowest BCUT2D eigenvalue weighted by atomic mass is 10.2. The number of hydrazone groups is 1. The average molecular weight is 370 g/mol. The molecule has 0 radical (unpaired) electrons. The minimum Gasteiger partial charge on any atom is -0.478 e. The molecule has 0 fully saturated rings. The molecule has 0 aliphatic carbocycles. The molecule has 0 saturated heterocycles. The van der Waals surface area contributed by atoms with Crippen LogP contribution in [0.4, 0.5) is 0 Å². The molecule has 0 bridgehead atoms. The summed E-state index contributed by atoms with van der Waals surface area (Å²) in [5.41, 5.74) is 2.64. The number of carbonyl (C=O) groups excluding carboxylic acids is 2. The van der Waals surface area contributed by atoms with Gasteiger partial charge in [-0.2, -0.15) is 5.10 Å². The third-order valence-corrected chi connectivity index (χ3v) is 3.28. The minimum absolute atomic E-state index is 0.0378. The van der Waals surface area contributed by atoms with Crippen molar-refractivity contribution in [2.45, 2.75) is 19.8 Å². The zero-order valence-corrected chi connectivity index (χ0v) is 14.6. The van der Waals surface area contributed by atoms with Crippen molar-refractivity contribution in [3.05, 3.63) is 27.7 Å². The number of hydrogen-bond donors (Lipinski definition) is 2. The Labute approximate surface area is 150 Å². The van der Waals surface area contributed by atoms with Crippen molar-refractivity contribution in [1.82, 2.24) is 10.7 Å². The number of nitrogens with zero attached hydrogens (tertiary/aromatic N) is 1. The first-order valence-electron chi connectivity index (χ1n) is 7.16. The van der Waals surface area contributed by atoms with E-state index in [0.717, 1.165) is 12.8 Å². The fourth-order valence-electron chi connectivity index (χ4n) is 1.58. The first-order valence-corrected chi connectivity index (χ1v) is 7.91. The summed E-state index contributed by atoms with van der Waals surface area (Å²) in [6.45, 7) is 2.46. The predicted molar refractivity (Wildman–Crippen MR) is 94.4 cm³/mol. The van der Waals surface area contributed by atoms with Crippen molar-refractivity contribution in [2.75, 3.05) is 13.2 Å². The minimum atomic E-state index is -0.853. The van der Waals surface area contributed by atoms with Gasteiger partial charge >= 0.3 is 11.8 Å². The molecule has 0 aromatic heterocycles. The summed E-state index contributed by atoms with van der Waals surface area (Å²) in [5, 5.41) is 6.67. The van der Waals surface area contributed by atoms with Crippen molar-refractivity contribution < 1.29 is 14.3 Å². The van der Waals surface area contributed by atoms with E-state index in [0.29, 0.717) is 12.1 Å². The number of benzene rings is 1. The Morgan fingerprint density at radius 2 is 2.00 bits per heavy atom. The summed E-state index contributed by atoms with van der Waals surface area (Å²) in [5.74, 6) is 0.986. The highest BCUT2D eigenvalue weighted by molar-refractivity contribution is 6.37. The highest BCUT2D eigenvalue weighted by Gasteiger charge is 2.12. The second-order valence-corrected chi connectivity index (χ2v) is 5.43. The molecule has 1 rings (SSSR count). The third kappa shape index (κ3) is 6.49. The van der Waals surface area contributed by atoms with Gasteiger partial charge in [-0.3, -0.25) is 9.59 Å². The Hall–Kier alpha value is -2.23. The maximum atomic E-state index is 11.5. The van der Waals surface area contributed by atoms with E-state index in [2.05, 4.69) is 21.8 Å². The van der Waals surface area contributed by atoms with Gasteiger partial charge in [0.15, 0.2) is 5.75 Å². The first-order chi connectivity index (χ1) is 11.5. The van der Waals surface area contributed by atoms with Gasteiger partial charge in [-0.1, -0.05) is 42.5 Å². The van der Waals surface area contributed by atoms with Gasteiger partial charge in [-0.05, 0) is 24.1 Å². The molecule has 8 heteroatoms. The molecule has 0 aliphatic heterocycles. The van der Waals surface area contributed by atoms with Crippen LogP contribution in [0.15, 0.2) is 17.2 Å². The van der Waals surface area contributed by atoms with Gasteiger partial charge in [0.2, 0.25) is 0 Å². The first kappa shape index (κ1) is 19.8. The lowest BCUT2D eigenvalue weighted by Gasteiger charge is -2.08. The second kappa shape index (κ2) is 10.5. The summed E-state index contributed by atoms with van der Waals surface area (Å²) < 4.78 is 5.23. The Morgan fingerprint density at radius 1 is 1.33 bits per heavy atom. The van der Waals surface area contributed by atoms with E-state index in [-0.39, 0.29) is 22.4 Å². The average Bonchev–Trinajstić information content (AvgIpc) is 2.54. The van der Waals surface area contributed by atoms with E-state index < -0.39 is 11.8 Å². The van der Waals surface area contributed by atoms with Crippen LogP contribution < -0.4 is 15.5 Å². The molecule has 0 unspecified atom stereocenters. The zero-order valence-electron chi connectivity index (χ0n) is 13.1. The molecule has 24 heavy (non-hydrogen) atoms. The molecular weight excluding hydrogens is 353 g/mol. The summed E-state index contributed by atoms with van der Waals surface area (Å²) in [6.07, 6.45) is 8.13. The van der Waals surface area contributed by atoms with Gasteiger partial charge in [0, 0.05) is 6.54 Å². The molecule has 2 N–H and O–H groups in total. The maximum Gasteiger partial charge on any atom is 0.329 e. The van der Waals surface area contributed by atoms with Crippen molar-refractivity contribution >= 4 is 41.2 Å². The quantitative estimate of drug-likeness (QED) is 0.254. The molecule has 0 saturated carbocycles. The highest BCUT2D eigenvalue weighted by Crippen LogP contribution is 2.33. The van der Waals surface area contributed by atoms with E-state index in [1.165, 1.54) is 18.3 Å². The second-order valence-electron chi connectivity index (χ2n) is 4.62. The smallest absolute Gasteiger partial charge is 0.329 e. The van der Waals surface area contributed by atoms with E-state index in [9.17, 15) is 9.59 Å². The Morgan fingerprint density at radius 3 is 2.58 bits per heavy atom. The monoisotopic (exact) mass is 369 g/mol. The molecule has 0 atom stereocenters. The van der Waals surface area contributed by atoms with Crippen molar-refractivity contribution in [3.8, 4) is 18.1 Å². The van der Waals surface area contributed by atoms with Crippen LogP contribution in [0.1, 0.15) is 25.3 Å². The molecular formula is C16H17Cl2N3O3. The fourth-order valence-corrected chi connectivity index (χ4v) is 2.19. The topological polar surface area (TPSA) is 79.8 Å². The van der Waals surface area contributed by atoms with Crippen LogP contribution in [0.5, 0.6) is 5.75 Å². The molecule has 0 heterocycles. The van der Waals surface area contributed by atoms with Gasteiger partial charge in [0.1, 0.15) is 6.61 Å². The van der Waals surface area contributed by atoms with Gasteiger partial charge < -0.3 is 10.1 Å². The number of ether oxygens (including phenoxy) is 1. The van der Waals surface area contributed by atoms with Crippen LogP contribution >= 0.6 is 23.2 Å². The van der Waals surface area contributed by atoms with E-state index >= 15 is 0 Å². The van der Waals surface area contributed by atoms with Crippen molar-refractivity contribution in [3.63, 3.8) is 0 Å². The van der Waals surface area contributed by atoms with E-state index in [1.807, 2.05) is 6.92 Å². The Bertz CT molecular complexity index is 646. The van der Waals surface area contributed by atoms with E-state index in [4.69, 9.17) is 34.4 Å². The number of hydrogen-bond acceptors (Lipinski definition) is 4. The standard InChI is InChI=1S/C16H17Cl2N3O3/c1-3-5-6-19-15(22)16(23)21-20-10-11-8-12(17)14(13(18)9-11)24-7-4-2/h2,8-10H,3,5-7H2,1H3,(H,19,22)(H,21,23)/b20-10-. The largest absolute Gasteiger partial charge is 0.478 e. The third-order valence-electron chi connectivity index (χ3n) is 2.72. The predicted octanol–water partition coefficient (Wildman–Crippen LogP) is 2.37. The molecule has 1 aromatic carbocycles. The number of amides is 2. The van der Waals surface area contributed by atoms with Crippen LogP contribution in [0.3, 0.4) is 0 Å². The molecule has 0 aliphatic rings. The van der Waals surface area contributed by atoms with Gasteiger partial charge in [-0.15, -0.1) is 6.42 Å². The number of terminal acetylenes is 1. The highest BCUT2D eigenvalue weighted by atomic mass is 35.5. The summed E-state index contributed by atoms with van der Waals surface area (Å²) in [6, 6.07) is 3.08. The maximum absolute atomic E-state index is 11.5. The Balaban J connectivity index is 2.63. The van der Waals surface area contributed by atoms with Crippen LogP contribution in [0.25, 0.3) is 0 Å². The zero-order chi connectivity index (χ0) is 17.9. The number of nitrogens with one attached hydrogen (secondary N) is 2. The normalized spacial score (nSPS) is 10.2. The Kier molecular flexibility index (Phi) is 8.69. The molecule has 128 valence electrons. The lowest BCUT2D eigenvalue weighted by molar-refractivity contribution is -0.139. The number of halogens is 2. The SMILES string of the molecule is C#CCOc1c(Cl)cc(/C=N\NC(=O)C(=O)NCCCC)cc1Cl. The molecule has 0 spiro atoms. The van der Waals surface area contributed by atoms with Crippen LogP contribution in [0.2, 0.25) is 10.0 Å². The fraction of sp³-hybridized carbons (Fsp3) is 0.312. The van der Waals surface area contributed by atoms with Gasteiger partial charge in [-0.25, -0.2) is 5.43 Å². The summed E-state index contributed by atoms with van der Waals surface area (Å²) in [7, 11) is 0. The van der Waals surface area contributed by atoms with Crippen molar-refractivity contribution in [1.29, 1.82) is 0 Å². The van der Waals surface area contributed by atoms with Gasteiger partial charge in [0.25, 0.3) is 0 Å².